The van der Waals surface area contributed by atoms with Gasteiger partial charge in [0.05, 0.1) is 6.26 Å². The number of pyridine rings is 1. The van der Waals surface area contributed by atoms with Crippen LogP contribution in [0.3, 0.4) is 0 Å². The van der Waals surface area contributed by atoms with Crippen LogP contribution in [0.15, 0.2) is 17.1 Å². The molecule has 0 bridgehead atoms. The summed E-state index contributed by atoms with van der Waals surface area (Å²) in [7, 11) is -3.17. The Morgan fingerprint density at radius 3 is 2.64 bits per heavy atom. The van der Waals surface area contributed by atoms with E-state index < -0.39 is 10.0 Å². The third-order valence-electron chi connectivity index (χ3n) is 5.18. The maximum Gasteiger partial charge on any atom is 0.270 e. The van der Waals surface area contributed by atoms with Crippen molar-refractivity contribution in [1.82, 2.24) is 18.8 Å². The van der Waals surface area contributed by atoms with Crippen LogP contribution in [0.1, 0.15) is 44.7 Å². The summed E-state index contributed by atoms with van der Waals surface area (Å²) in [5.74, 6) is 0.395. The molecule has 0 amide bonds. The number of rotatable bonds is 5. The van der Waals surface area contributed by atoms with E-state index in [1.165, 1.54) is 16.6 Å². The minimum Gasteiger partial charge on any atom is -0.351 e. The van der Waals surface area contributed by atoms with Crippen LogP contribution < -0.4 is 10.9 Å². The number of nitrogens with one attached hydrogen (secondary N) is 1. The Balaban J connectivity index is 1.90. The van der Waals surface area contributed by atoms with E-state index in [4.69, 9.17) is 0 Å². The standard InChI is InChI=1S/C18H24N6O3S/c1-4-12(2)24-16-14(9-13(10-19)17(24)25)11-20-18(22-16)21-15-5-7-23(8-6-15)28(3,26)27/h9,11-12,15H,4-8H2,1-3H3,(H,20,21,22). The van der Waals surface area contributed by atoms with Gasteiger partial charge in [0, 0.05) is 36.8 Å². The molecule has 1 aliphatic heterocycles. The van der Waals surface area contributed by atoms with E-state index >= 15 is 0 Å². The summed E-state index contributed by atoms with van der Waals surface area (Å²) in [5.41, 5.74) is 0.213. The Hall–Kier alpha value is -2.51. The number of fused-ring (bicyclic) bond motifs is 1. The smallest absolute Gasteiger partial charge is 0.270 e. The molecule has 0 aromatic carbocycles. The molecule has 150 valence electrons. The zero-order valence-corrected chi connectivity index (χ0v) is 17.0. The Labute approximate surface area is 164 Å². The van der Waals surface area contributed by atoms with Gasteiger partial charge >= 0.3 is 0 Å². The molecule has 1 atom stereocenters. The molecule has 0 radical (unpaired) electrons. The van der Waals surface area contributed by atoms with Gasteiger partial charge in [0.1, 0.15) is 17.3 Å². The van der Waals surface area contributed by atoms with E-state index in [1.54, 1.807) is 10.8 Å². The Morgan fingerprint density at radius 1 is 1.39 bits per heavy atom. The Kier molecular flexibility index (Phi) is 5.67. The molecule has 9 nitrogen and oxygen atoms in total. The normalized spacial score (nSPS) is 17.4. The second kappa shape index (κ2) is 7.85. The number of hydrogen-bond acceptors (Lipinski definition) is 7. The van der Waals surface area contributed by atoms with Crippen molar-refractivity contribution in [3.63, 3.8) is 0 Å². The largest absolute Gasteiger partial charge is 0.351 e. The molecule has 28 heavy (non-hydrogen) atoms. The lowest BCUT2D eigenvalue weighted by Crippen LogP contribution is -2.42. The number of nitriles is 1. The van der Waals surface area contributed by atoms with Gasteiger partial charge in [-0.2, -0.15) is 10.2 Å². The first-order chi connectivity index (χ1) is 13.2. The van der Waals surface area contributed by atoms with Crippen LogP contribution in [0.5, 0.6) is 0 Å². The van der Waals surface area contributed by atoms with Crippen molar-refractivity contribution in [2.75, 3.05) is 24.7 Å². The van der Waals surface area contributed by atoms with Crippen molar-refractivity contribution in [3.05, 3.63) is 28.2 Å². The molecule has 0 saturated carbocycles. The van der Waals surface area contributed by atoms with Crippen LogP contribution >= 0.6 is 0 Å². The lowest BCUT2D eigenvalue weighted by Gasteiger charge is -2.30. The molecule has 2 aromatic rings. The first-order valence-corrected chi connectivity index (χ1v) is 11.1. The van der Waals surface area contributed by atoms with Gasteiger partial charge in [0.15, 0.2) is 0 Å². The van der Waals surface area contributed by atoms with E-state index in [9.17, 15) is 18.5 Å². The third-order valence-corrected chi connectivity index (χ3v) is 6.48. The van der Waals surface area contributed by atoms with Crippen LogP contribution in [0, 0.1) is 11.3 Å². The zero-order chi connectivity index (χ0) is 20.5. The molecule has 3 rings (SSSR count). The number of nitrogens with zero attached hydrogens (tertiary/aromatic N) is 5. The molecule has 1 aliphatic rings. The predicted octanol–water partition coefficient (Wildman–Crippen LogP) is 1.47. The summed E-state index contributed by atoms with van der Waals surface area (Å²) >= 11 is 0. The summed E-state index contributed by atoms with van der Waals surface area (Å²) in [6.45, 7) is 4.79. The van der Waals surface area contributed by atoms with Crippen LogP contribution in [0.25, 0.3) is 11.0 Å². The summed E-state index contributed by atoms with van der Waals surface area (Å²) in [6.07, 6.45) is 4.85. The highest BCUT2D eigenvalue weighted by molar-refractivity contribution is 7.88. The van der Waals surface area contributed by atoms with Gasteiger partial charge in [-0.1, -0.05) is 6.92 Å². The fraction of sp³-hybridized carbons (Fsp3) is 0.556. The third kappa shape index (κ3) is 4.00. The van der Waals surface area contributed by atoms with Crippen molar-refractivity contribution in [2.24, 2.45) is 0 Å². The number of anilines is 1. The van der Waals surface area contributed by atoms with Crippen molar-refractivity contribution in [1.29, 1.82) is 5.26 Å². The average Bonchev–Trinajstić information content (AvgIpc) is 2.66. The van der Waals surface area contributed by atoms with Crippen LogP contribution in [0.4, 0.5) is 5.95 Å². The molecule has 3 heterocycles. The van der Waals surface area contributed by atoms with Gasteiger partial charge < -0.3 is 5.32 Å². The minimum absolute atomic E-state index is 0.0533. The fourth-order valence-corrected chi connectivity index (χ4v) is 4.25. The monoisotopic (exact) mass is 404 g/mol. The molecular formula is C18H24N6O3S. The van der Waals surface area contributed by atoms with Gasteiger partial charge in [-0.3, -0.25) is 9.36 Å². The second-order valence-corrected chi connectivity index (χ2v) is 9.14. The van der Waals surface area contributed by atoms with Crippen LogP contribution in [0.2, 0.25) is 0 Å². The van der Waals surface area contributed by atoms with Gasteiger partial charge in [0.2, 0.25) is 16.0 Å². The first-order valence-electron chi connectivity index (χ1n) is 9.28. The van der Waals surface area contributed by atoms with Gasteiger partial charge in [-0.25, -0.2) is 17.7 Å². The molecule has 2 aromatic heterocycles. The zero-order valence-electron chi connectivity index (χ0n) is 16.2. The highest BCUT2D eigenvalue weighted by Crippen LogP contribution is 2.20. The maximum atomic E-state index is 12.6. The van der Waals surface area contributed by atoms with Crippen molar-refractivity contribution < 1.29 is 8.42 Å². The molecular weight excluding hydrogens is 380 g/mol. The van der Waals surface area contributed by atoms with Crippen molar-refractivity contribution in [3.8, 4) is 6.07 Å². The van der Waals surface area contributed by atoms with E-state index in [-0.39, 0.29) is 23.2 Å². The summed E-state index contributed by atoms with van der Waals surface area (Å²) in [4.78, 5) is 21.5. The second-order valence-electron chi connectivity index (χ2n) is 7.16. The first kappa shape index (κ1) is 20.2. The Bertz CT molecular complexity index is 1080. The summed E-state index contributed by atoms with van der Waals surface area (Å²) in [5, 5.41) is 13.1. The molecule has 0 spiro atoms. The van der Waals surface area contributed by atoms with Crippen LogP contribution in [-0.2, 0) is 10.0 Å². The lowest BCUT2D eigenvalue weighted by atomic mass is 10.1. The molecule has 0 aliphatic carbocycles. The van der Waals surface area contributed by atoms with Crippen molar-refractivity contribution >= 4 is 27.0 Å². The molecule has 1 N–H and O–H groups in total. The van der Waals surface area contributed by atoms with Gasteiger partial charge in [-0.05, 0) is 32.3 Å². The van der Waals surface area contributed by atoms with Crippen LogP contribution in [-0.4, -0.2) is 52.6 Å². The fourth-order valence-electron chi connectivity index (χ4n) is 3.38. The molecule has 1 saturated heterocycles. The lowest BCUT2D eigenvalue weighted by molar-refractivity contribution is 0.331. The quantitative estimate of drug-likeness (QED) is 0.801. The molecule has 1 fully saturated rings. The highest BCUT2D eigenvalue weighted by Gasteiger charge is 2.25. The van der Waals surface area contributed by atoms with Gasteiger partial charge in [-0.15, -0.1) is 0 Å². The van der Waals surface area contributed by atoms with Crippen molar-refractivity contribution in [2.45, 2.75) is 45.2 Å². The predicted molar refractivity (Wildman–Crippen MR) is 107 cm³/mol. The summed E-state index contributed by atoms with van der Waals surface area (Å²) in [6, 6.07) is 3.41. The topological polar surface area (TPSA) is 121 Å². The minimum atomic E-state index is -3.17. The van der Waals surface area contributed by atoms with E-state index in [0.29, 0.717) is 42.9 Å². The highest BCUT2D eigenvalue weighted by atomic mass is 32.2. The Morgan fingerprint density at radius 2 is 2.07 bits per heavy atom. The average molecular weight is 404 g/mol. The van der Waals surface area contributed by atoms with Gasteiger partial charge in [0.25, 0.3) is 5.56 Å². The molecule has 10 heteroatoms. The van der Waals surface area contributed by atoms with E-state index in [2.05, 4.69) is 15.3 Å². The molecule has 1 unspecified atom stereocenters. The summed E-state index contributed by atoms with van der Waals surface area (Å²) < 4.78 is 26.3. The van der Waals surface area contributed by atoms with E-state index in [0.717, 1.165) is 6.42 Å². The maximum absolute atomic E-state index is 12.6. The number of aromatic nitrogens is 3. The number of sulfonamides is 1. The number of piperidine rings is 1. The number of hydrogen-bond donors (Lipinski definition) is 1. The van der Waals surface area contributed by atoms with E-state index in [1.807, 2.05) is 19.9 Å². The SMILES string of the molecule is CCC(C)n1c(=O)c(C#N)cc2cnc(NC3CCN(S(C)(=O)=O)CC3)nc21.